The molecule has 5 atom stereocenters. The summed E-state index contributed by atoms with van der Waals surface area (Å²) >= 11 is 0. The molecule has 0 unspecified atom stereocenters. The summed E-state index contributed by atoms with van der Waals surface area (Å²) < 4.78 is 0. The molecule has 0 aromatic heterocycles. The molecule has 0 saturated carbocycles. The molecule has 1 aromatic rings. The van der Waals surface area contributed by atoms with E-state index in [4.69, 9.17) is 0 Å². The molecule has 4 N–H and O–H groups in total. The van der Waals surface area contributed by atoms with Crippen molar-refractivity contribution in [1.29, 1.82) is 0 Å². The van der Waals surface area contributed by atoms with Crippen LogP contribution in [0.15, 0.2) is 24.3 Å². The van der Waals surface area contributed by atoms with Crippen molar-refractivity contribution in [2.75, 3.05) is 45.8 Å². The fourth-order valence-corrected chi connectivity index (χ4v) is 5.09. The van der Waals surface area contributed by atoms with Gasteiger partial charge in [0.05, 0.1) is 4.92 Å². The van der Waals surface area contributed by atoms with E-state index in [1.54, 1.807) is 31.7 Å². The molecule has 1 aliphatic heterocycles. The molecule has 234 valence electrons. The molecule has 1 aromatic carbocycles. The van der Waals surface area contributed by atoms with Gasteiger partial charge in [-0.1, -0.05) is 12.1 Å². The molecule has 0 amide bonds. The third-order valence-corrected chi connectivity index (χ3v) is 8.10. The van der Waals surface area contributed by atoms with E-state index in [1.807, 2.05) is 0 Å². The second-order valence-corrected chi connectivity index (χ2v) is 10.6. The third-order valence-electron chi connectivity index (χ3n) is 8.10. The van der Waals surface area contributed by atoms with Crippen molar-refractivity contribution < 1.29 is 44.5 Å². The van der Waals surface area contributed by atoms with Crippen LogP contribution in [0.25, 0.3) is 0 Å². The van der Waals surface area contributed by atoms with Crippen molar-refractivity contribution >= 4 is 29.6 Å². The monoisotopic (exact) mass is 595 g/mol. The Hall–Kier alpha value is -3.66. The normalized spacial score (nSPS) is 21.7. The zero-order valence-corrected chi connectivity index (χ0v) is 24.3. The summed E-state index contributed by atoms with van der Waals surface area (Å²) in [6.45, 7) is 7.07. The summed E-state index contributed by atoms with van der Waals surface area (Å²) in [5.41, 5.74) is 0.556. The summed E-state index contributed by atoms with van der Waals surface area (Å²) in [6, 6.07) is 1.36. The number of carbonyl (C=O) groups is 4. The highest BCUT2D eigenvalue weighted by Gasteiger charge is 2.35. The predicted molar refractivity (Wildman–Crippen MR) is 150 cm³/mol. The van der Waals surface area contributed by atoms with E-state index in [9.17, 15) is 49.7 Å². The standard InChI is InChI=1S/C27H41N5O10/c1-17(24(33)34)28-9-10-29(18(2)25(35)36)13-14-31(20(4)27(39)40)23(16-30(12-11-28)19(3)26(37)38)15-21-5-7-22(8-6-21)32(41)42/h5-8,17-20,23H,9-16H2,1-4H3,(H,33,34)(H,35,36)(H,37,38)(H,39,40)/t17-,18-,19-,20-,23+/m1/s1. The second-order valence-electron chi connectivity index (χ2n) is 10.6. The van der Waals surface area contributed by atoms with Gasteiger partial charge in [-0.2, -0.15) is 0 Å². The SMILES string of the molecule is C[C@H](C(=O)O)N1CCN([C@H](C)C(=O)O)CCN([C@H](C)C(=O)O)[C@@H](Cc2ccc([N+](=O)[O-])cc2)CN([C@H](C)C(=O)O)CC1. The molecule has 15 nitrogen and oxygen atoms in total. The highest BCUT2D eigenvalue weighted by Crippen LogP contribution is 2.20. The lowest BCUT2D eigenvalue weighted by molar-refractivity contribution is -0.384. The molecule has 2 rings (SSSR count). The van der Waals surface area contributed by atoms with Crippen LogP contribution in [0.3, 0.4) is 0 Å². The minimum absolute atomic E-state index is 0.0891. The lowest BCUT2D eigenvalue weighted by Gasteiger charge is -2.42. The van der Waals surface area contributed by atoms with Crippen LogP contribution < -0.4 is 0 Å². The maximum atomic E-state index is 12.2. The van der Waals surface area contributed by atoms with Gasteiger partial charge >= 0.3 is 23.9 Å². The van der Waals surface area contributed by atoms with E-state index >= 15 is 0 Å². The first-order valence-electron chi connectivity index (χ1n) is 13.8. The lowest BCUT2D eigenvalue weighted by Crippen LogP contribution is -2.58. The number of rotatable bonds is 11. The first-order valence-corrected chi connectivity index (χ1v) is 13.8. The van der Waals surface area contributed by atoms with Gasteiger partial charge < -0.3 is 20.4 Å². The zero-order valence-electron chi connectivity index (χ0n) is 24.3. The number of non-ortho nitro benzene ring substituents is 1. The number of carboxylic acid groups (broad SMARTS) is 4. The first kappa shape index (κ1) is 34.5. The van der Waals surface area contributed by atoms with Crippen LogP contribution in [-0.4, -0.2) is 145 Å². The summed E-state index contributed by atoms with van der Waals surface area (Å²) in [4.78, 5) is 65.4. The molecule has 0 bridgehead atoms. The average Bonchev–Trinajstić information content (AvgIpc) is 2.92. The van der Waals surface area contributed by atoms with Gasteiger partial charge in [0, 0.05) is 64.0 Å². The smallest absolute Gasteiger partial charge is 0.320 e. The molecular weight excluding hydrogens is 554 g/mol. The van der Waals surface area contributed by atoms with Gasteiger partial charge in [-0.05, 0) is 39.7 Å². The number of nitro benzene ring substituents is 1. The Labute approximate surface area is 244 Å². The maximum absolute atomic E-state index is 12.2. The number of carboxylic acids is 4. The van der Waals surface area contributed by atoms with Gasteiger partial charge in [-0.25, -0.2) is 0 Å². The fraction of sp³-hybridized carbons (Fsp3) is 0.630. The Morgan fingerprint density at radius 2 is 1.10 bits per heavy atom. The topological polar surface area (TPSA) is 205 Å². The van der Waals surface area contributed by atoms with E-state index in [0.29, 0.717) is 5.56 Å². The van der Waals surface area contributed by atoms with Crippen LogP contribution in [-0.2, 0) is 25.6 Å². The van der Waals surface area contributed by atoms with Crippen LogP contribution in [0.4, 0.5) is 5.69 Å². The minimum Gasteiger partial charge on any atom is -0.480 e. The number of hydrogen-bond acceptors (Lipinski definition) is 10. The molecule has 1 heterocycles. The van der Waals surface area contributed by atoms with Gasteiger partial charge in [-0.15, -0.1) is 0 Å². The van der Waals surface area contributed by atoms with Crippen molar-refractivity contribution in [3.63, 3.8) is 0 Å². The number of nitrogens with zero attached hydrogens (tertiary/aromatic N) is 5. The Bertz CT molecular complexity index is 1120. The van der Waals surface area contributed by atoms with Crippen LogP contribution in [0.1, 0.15) is 33.3 Å². The van der Waals surface area contributed by atoms with E-state index in [-0.39, 0.29) is 57.9 Å². The second kappa shape index (κ2) is 15.5. The number of aliphatic carboxylic acids is 4. The Morgan fingerprint density at radius 3 is 1.50 bits per heavy atom. The van der Waals surface area contributed by atoms with Crippen molar-refractivity contribution in [3.8, 4) is 0 Å². The molecular formula is C27H41N5O10. The molecule has 15 heteroatoms. The average molecular weight is 596 g/mol. The highest BCUT2D eigenvalue weighted by molar-refractivity contribution is 5.74. The van der Waals surface area contributed by atoms with Gasteiger partial charge in [0.15, 0.2) is 0 Å². The van der Waals surface area contributed by atoms with Crippen LogP contribution >= 0.6 is 0 Å². The van der Waals surface area contributed by atoms with Gasteiger partial charge in [0.1, 0.15) is 24.2 Å². The molecule has 0 radical (unpaired) electrons. The Kier molecular flexibility index (Phi) is 12.8. The summed E-state index contributed by atoms with van der Waals surface area (Å²) in [5.74, 6) is -4.38. The van der Waals surface area contributed by atoms with Crippen molar-refractivity contribution in [2.45, 2.75) is 64.3 Å². The largest absolute Gasteiger partial charge is 0.480 e. The quantitative estimate of drug-likeness (QED) is 0.204. The molecule has 0 spiro atoms. The van der Waals surface area contributed by atoms with E-state index in [0.717, 1.165) is 0 Å². The van der Waals surface area contributed by atoms with Gasteiger partial charge in [-0.3, -0.25) is 48.9 Å². The summed E-state index contributed by atoms with van der Waals surface area (Å²) in [6.07, 6.45) is 0.224. The van der Waals surface area contributed by atoms with Crippen LogP contribution in [0.5, 0.6) is 0 Å². The van der Waals surface area contributed by atoms with Gasteiger partial charge in [0.2, 0.25) is 0 Å². The van der Waals surface area contributed by atoms with Crippen molar-refractivity contribution in [1.82, 2.24) is 19.6 Å². The molecule has 1 saturated heterocycles. The van der Waals surface area contributed by atoms with E-state index in [1.165, 1.54) is 39.8 Å². The maximum Gasteiger partial charge on any atom is 0.320 e. The predicted octanol–water partition coefficient (Wildman–Crippen LogP) is 0.620. The number of nitro groups is 1. The molecule has 1 fully saturated rings. The Balaban J connectivity index is 2.60. The Morgan fingerprint density at radius 1 is 0.714 bits per heavy atom. The van der Waals surface area contributed by atoms with Crippen molar-refractivity contribution in [2.24, 2.45) is 0 Å². The third kappa shape index (κ3) is 9.44. The molecule has 0 aliphatic carbocycles. The van der Waals surface area contributed by atoms with Gasteiger partial charge in [0.25, 0.3) is 5.69 Å². The number of hydrogen-bond donors (Lipinski definition) is 4. The van der Waals surface area contributed by atoms with Crippen LogP contribution in [0, 0.1) is 10.1 Å². The van der Waals surface area contributed by atoms with Crippen LogP contribution in [0.2, 0.25) is 0 Å². The molecule has 42 heavy (non-hydrogen) atoms. The summed E-state index contributed by atoms with van der Waals surface area (Å²) in [5, 5.41) is 50.4. The lowest BCUT2D eigenvalue weighted by atomic mass is 10.0. The minimum atomic E-state index is -1.12. The zero-order chi connectivity index (χ0) is 31.7. The van der Waals surface area contributed by atoms with E-state index < -0.39 is 59.0 Å². The summed E-state index contributed by atoms with van der Waals surface area (Å²) in [7, 11) is 0. The highest BCUT2D eigenvalue weighted by atomic mass is 16.6. The fourth-order valence-electron chi connectivity index (χ4n) is 5.09. The number of benzene rings is 1. The van der Waals surface area contributed by atoms with Crippen molar-refractivity contribution in [3.05, 3.63) is 39.9 Å². The van der Waals surface area contributed by atoms with E-state index in [2.05, 4.69) is 0 Å². The first-order chi connectivity index (χ1) is 19.6. The molecule has 1 aliphatic rings.